The van der Waals surface area contributed by atoms with Crippen molar-refractivity contribution in [1.82, 2.24) is 4.57 Å². The first kappa shape index (κ1) is 30.4. The monoisotopic (exact) mass is 664 g/mol. The van der Waals surface area contributed by atoms with E-state index in [0.29, 0.717) is 49.7 Å². The number of carbonyl (C=O) groups is 1. The van der Waals surface area contributed by atoms with Crippen LogP contribution < -0.4 is 24.4 Å². The number of hydrogen-bond acceptors (Lipinski definition) is 7. The van der Waals surface area contributed by atoms with Crippen LogP contribution in [-0.4, -0.2) is 24.3 Å². The molecule has 0 saturated carbocycles. The van der Waals surface area contributed by atoms with Crippen LogP contribution in [0.1, 0.15) is 49.4 Å². The maximum Gasteiger partial charge on any atom is 0.338 e. The number of benzene rings is 3. The SMILES string of the molecule is CCCC1=C(C(=O)OCC)[C@H](c2cc(Br)ccc2OC)n2c(s/c(=C/c3ccccc3OCc3ccc(F)cc3)c2=O)=N1. The first-order valence-electron chi connectivity index (χ1n) is 13.9. The van der Waals surface area contributed by atoms with E-state index >= 15 is 0 Å². The first-order chi connectivity index (χ1) is 20.8. The standard InChI is InChI=1S/C33H30BrFN2O5S/c1-4-8-25-29(32(39)41-5-2)30(24-18-22(34)13-16-27(24)40-3)37-31(38)28(43-33(37)36-25)17-21-9-6-7-10-26(21)42-19-20-11-14-23(35)15-12-20/h6-7,9-18,30H,4-5,8,19H2,1-3H3/b28-17+/t30-/m0/s1. The maximum atomic E-state index is 14.2. The second-order valence-corrected chi connectivity index (χ2v) is 11.7. The molecular weight excluding hydrogens is 635 g/mol. The van der Waals surface area contributed by atoms with Crippen LogP contribution in [0.2, 0.25) is 0 Å². The van der Waals surface area contributed by atoms with Gasteiger partial charge in [-0.2, -0.15) is 0 Å². The Balaban J connectivity index is 1.67. The van der Waals surface area contributed by atoms with E-state index in [-0.39, 0.29) is 24.6 Å². The molecule has 1 atom stereocenters. The zero-order valence-electron chi connectivity index (χ0n) is 23.9. The van der Waals surface area contributed by atoms with Gasteiger partial charge in [0.15, 0.2) is 4.80 Å². The molecule has 0 amide bonds. The number of carbonyl (C=O) groups excluding carboxylic acids is 1. The number of rotatable bonds is 10. The van der Waals surface area contributed by atoms with Crippen LogP contribution in [0, 0.1) is 5.82 Å². The number of hydrogen-bond donors (Lipinski definition) is 0. The largest absolute Gasteiger partial charge is 0.496 e. The molecule has 0 saturated heterocycles. The van der Waals surface area contributed by atoms with Crippen molar-refractivity contribution in [2.75, 3.05) is 13.7 Å². The van der Waals surface area contributed by atoms with E-state index < -0.39 is 12.0 Å². The Labute approximate surface area is 260 Å². The van der Waals surface area contributed by atoms with E-state index in [0.717, 1.165) is 16.5 Å². The molecule has 0 fully saturated rings. The highest BCUT2D eigenvalue weighted by Crippen LogP contribution is 2.38. The molecule has 3 aromatic carbocycles. The van der Waals surface area contributed by atoms with Gasteiger partial charge in [0.2, 0.25) is 0 Å². The van der Waals surface area contributed by atoms with Crippen molar-refractivity contribution < 1.29 is 23.4 Å². The third-order valence-electron chi connectivity index (χ3n) is 6.89. The van der Waals surface area contributed by atoms with Crippen LogP contribution in [0.3, 0.4) is 0 Å². The Morgan fingerprint density at radius 1 is 1.09 bits per heavy atom. The van der Waals surface area contributed by atoms with Crippen molar-refractivity contribution in [3.05, 3.63) is 125 Å². The minimum Gasteiger partial charge on any atom is -0.496 e. The van der Waals surface area contributed by atoms with Crippen LogP contribution in [0.4, 0.5) is 4.39 Å². The lowest BCUT2D eigenvalue weighted by Crippen LogP contribution is -2.40. The Morgan fingerprint density at radius 2 is 1.86 bits per heavy atom. The lowest BCUT2D eigenvalue weighted by molar-refractivity contribution is -0.139. The fourth-order valence-electron chi connectivity index (χ4n) is 4.95. The molecule has 10 heteroatoms. The predicted octanol–water partition coefficient (Wildman–Crippen LogP) is 6.07. The van der Waals surface area contributed by atoms with Crippen LogP contribution >= 0.6 is 27.3 Å². The first-order valence-corrected chi connectivity index (χ1v) is 15.5. The highest BCUT2D eigenvalue weighted by molar-refractivity contribution is 9.10. The number of fused-ring (bicyclic) bond motifs is 1. The summed E-state index contributed by atoms with van der Waals surface area (Å²) in [7, 11) is 1.56. The number of ether oxygens (including phenoxy) is 3. The molecule has 0 aliphatic carbocycles. The third-order valence-corrected chi connectivity index (χ3v) is 8.37. The molecule has 0 N–H and O–H groups in total. The van der Waals surface area contributed by atoms with Crippen molar-refractivity contribution in [1.29, 1.82) is 0 Å². The van der Waals surface area contributed by atoms with Crippen LogP contribution in [-0.2, 0) is 16.1 Å². The van der Waals surface area contributed by atoms with Gasteiger partial charge >= 0.3 is 5.97 Å². The Morgan fingerprint density at radius 3 is 2.58 bits per heavy atom. The van der Waals surface area contributed by atoms with E-state index in [9.17, 15) is 14.0 Å². The molecule has 1 aliphatic heterocycles. The molecule has 1 aliphatic rings. The molecule has 0 radical (unpaired) electrons. The summed E-state index contributed by atoms with van der Waals surface area (Å²) in [6.45, 7) is 4.18. The number of methoxy groups -OCH3 is 1. The number of aromatic nitrogens is 1. The van der Waals surface area contributed by atoms with Gasteiger partial charge in [-0.1, -0.05) is 70.9 Å². The summed E-state index contributed by atoms with van der Waals surface area (Å²) in [5.41, 5.74) is 2.75. The highest BCUT2D eigenvalue weighted by atomic mass is 79.9. The van der Waals surface area contributed by atoms with Crippen LogP contribution in [0.25, 0.3) is 6.08 Å². The predicted molar refractivity (Wildman–Crippen MR) is 168 cm³/mol. The Bertz CT molecular complexity index is 1860. The molecule has 2 heterocycles. The minimum absolute atomic E-state index is 0.184. The summed E-state index contributed by atoms with van der Waals surface area (Å²) in [5, 5.41) is 0. The minimum atomic E-state index is -0.809. The number of esters is 1. The molecule has 43 heavy (non-hydrogen) atoms. The second-order valence-electron chi connectivity index (χ2n) is 9.75. The average molecular weight is 666 g/mol. The lowest BCUT2D eigenvalue weighted by Gasteiger charge is -2.27. The zero-order chi connectivity index (χ0) is 30.5. The van der Waals surface area contributed by atoms with Gasteiger partial charge in [-0.3, -0.25) is 9.36 Å². The van der Waals surface area contributed by atoms with Crippen molar-refractivity contribution in [2.45, 2.75) is 39.3 Å². The zero-order valence-corrected chi connectivity index (χ0v) is 26.3. The summed E-state index contributed by atoms with van der Waals surface area (Å²) < 4.78 is 33.3. The number of thiazole rings is 1. The van der Waals surface area contributed by atoms with Crippen LogP contribution in [0.5, 0.6) is 11.5 Å². The van der Waals surface area contributed by atoms with Gasteiger partial charge in [-0.05, 0) is 61.4 Å². The number of allylic oxidation sites excluding steroid dienone is 1. The van der Waals surface area contributed by atoms with E-state index in [1.54, 1.807) is 42.9 Å². The molecule has 0 bridgehead atoms. The summed E-state index contributed by atoms with van der Waals surface area (Å²) in [4.78, 5) is 33.0. The molecule has 5 rings (SSSR count). The lowest BCUT2D eigenvalue weighted by atomic mass is 9.93. The summed E-state index contributed by atoms with van der Waals surface area (Å²) in [5.74, 6) is 0.269. The van der Waals surface area contributed by atoms with E-state index in [2.05, 4.69) is 15.9 Å². The van der Waals surface area contributed by atoms with Crippen molar-refractivity contribution in [2.24, 2.45) is 4.99 Å². The van der Waals surface area contributed by atoms with Gasteiger partial charge in [0.05, 0.1) is 29.5 Å². The molecule has 0 spiro atoms. The van der Waals surface area contributed by atoms with Gasteiger partial charge in [0.1, 0.15) is 30.0 Å². The summed E-state index contributed by atoms with van der Waals surface area (Å²) in [6, 6.07) is 18.2. The molecule has 4 aromatic rings. The summed E-state index contributed by atoms with van der Waals surface area (Å²) in [6.07, 6.45) is 3.05. The van der Waals surface area contributed by atoms with Crippen LogP contribution in [0.15, 0.2) is 92.3 Å². The number of halogens is 2. The molecule has 7 nitrogen and oxygen atoms in total. The third kappa shape index (κ3) is 6.50. The average Bonchev–Trinajstić information content (AvgIpc) is 3.31. The summed E-state index contributed by atoms with van der Waals surface area (Å²) >= 11 is 4.79. The number of para-hydroxylation sites is 1. The highest BCUT2D eigenvalue weighted by Gasteiger charge is 2.36. The van der Waals surface area contributed by atoms with Gasteiger partial charge in [-0.25, -0.2) is 14.2 Å². The van der Waals surface area contributed by atoms with Crippen molar-refractivity contribution >= 4 is 39.3 Å². The maximum absolute atomic E-state index is 14.2. The fraction of sp³-hybridized carbons (Fsp3) is 0.242. The molecule has 1 aromatic heterocycles. The molecular formula is C33H30BrFN2O5S. The fourth-order valence-corrected chi connectivity index (χ4v) is 6.34. The van der Waals surface area contributed by atoms with Gasteiger partial charge in [0, 0.05) is 15.6 Å². The van der Waals surface area contributed by atoms with Gasteiger partial charge < -0.3 is 14.2 Å². The van der Waals surface area contributed by atoms with Crippen molar-refractivity contribution in [3.63, 3.8) is 0 Å². The number of nitrogens with zero attached hydrogens (tertiary/aromatic N) is 2. The van der Waals surface area contributed by atoms with E-state index in [4.69, 9.17) is 19.2 Å². The second kappa shape index (κ2) is 13.5. The molecule has 0 unspecified atom stereocenters. The topological polar surface area (TPSA) is 79.1 Å². The molecule has 222 valence electrons. The Kier molecular flexibility index (Phi) is 9.57. The van der Waals surface area contributed by atoms with Gasteiger partial charge in [-0.15, -0.1) is 0 Å². The van der Waals surface area contributed by atoms with Gasteiger partial charge in [0.25, 0.3) is 5.56 Å². The van der Waals surface area contributed by atoms with E-state index in [1.807, 2.05) is 43.3 Å². The van der Waals surface area contributed by atoms with Crippen molar-refractivity contribution in [3.8, 4) is 11.5 Å². The van der Waals surface area contributed by atoms with E-state index in [1.165, 1.54) is 23.5 Å². The smallest absolute Gasteiger partial charge is 0.338 e. The normalized spacial score (nSPS) is 14.7. The quantitative estimate of drug-likeness (QED) is 0.192. The Hall–Kier alpha value is -4.02.